The van der Waals surface area contributed by atoms with Gasteiger partial charge in [0.15, 0.2) is 0 Å². The van der Waals surface area contributed by atoms with E-state index in [4.69, 9.17) is 11.6 Å². The Labute approximate surface area is 166 Å². The van der Waals surface area contributed by atoms with Gasteiger partial charge in [0, 0.05) is 23.6 Å². The van der Waals surface area contributed by atoms with E-state index >= 15 is 0 Å². The number of amides is 2. The molecule has 1 aromatic heterocycles. The van der Waals surface area contributed by atoms with E-state index in [2.05, 4.69) is 15.6 Å². The lowest BCUT2D eigenvalue weighted by Crippen LogP contribution is -2.14. The van der Waals surface area contributed by atoms with Crippen molar-refractivity contribution in [2.75, 3.05) is 10.6 Å². The number of halogens is 1. The van der Waals surface area contributed by atoms with Crippen molar-refractivity contribution >= 4 is 46.1 Å². The number of nitrogens with zero attached hydrogens (tertiary/aromatic N) is 1. The molecule has 0 bridgehead atoms. The lowest BCUT2D eigenvalue weighted by Gasteiger charge is -2.08. The van der Waals surface area contributed by atoms with Gasteiger partial charge >= 0.3 is 0 Å². The van der Waals surface area contributed by atoms with Crippen molar-refractivity contribution in [3.05, 3.63) is 64.1 Å². The number of aryl methyl sites for hydroxylation is 1. The molecule has 3 rings (SSSR count). The summed E-state index contributed by atoms with van der Waals surface area (Å²) >= 11 is 7.64. The van der Waals surface area contributed by atoms with Crippen LogP contribution in [0.2, 0.25) is 5.02 Å². The second-order valence-corrected chi connectivity index (χ2v) is 7.38. The zero-order valence-electron chi connectivity index (χ0n) is 14.9. The van der Waals surface area contributed by atoms with Crippen molar-refractivity contribution in [1.82, 2.24) is 4.98 Å². The summed E-state index contributed by atoms with van der Waals surface area (Å²) in [6, 6.07) is 13.1. The molecule has 0 saturated carbocycles. The molecule has 2 aromatic carbocycles. The van der Waals surface area contributed by atoms with Gasteiger partial charge in [0.2, 0.25) is 11.8 Å². The number of hydrogen-bond acceptors (Lipinski definition) is 4. The van der Waals surface area contributed by atoms with Gasteiger partial charge in [-0.1, -0.05) is 41.4 Å². The predicted molar refractivity (Wildman–Crippen MR) is 110 cm³/mol. The minimum absolute atomic E-state index is 0.174. The molecule has 2 N–H and O–H groups in total. The average molecular weight is 400 g/mol. The zero-order valence-corrected chi connectivity index (χ0v) is 16.4. The molecular weight excluding hydrogens is 382 g/mol. The molecular formula is C20H18ClN3O2S. The summed E-state index contributed by atoms with van der Waals surface area (Å²) in [5.74, 6) is -0.388. The van der Waals surface area contributed by atoms with Crippen LogP contribution in [-0.2, 0) is 16.0 Å². The van der Waals surface area contributed by atoms with Crippen LogP contribution < -0.4 is 10.6 Å². The summed E-state index contributed by atoms with van der Waals surface area (Å²) in [5.41, 5.74) is 4.02. The molecule has 0 atom stereocenters. The van der Waals surface area contributed by atoms with Gasteiger partial charge in [0.25, 0.3) is 0 Å². The lowest BCUT2D eigenvalue weighted by atomic mass is 10.2. The monoisotopic (exact) mass is 399 g/mol. The molecule has 1 heterocycles. The van der Waals surface area contributed by atoms with Gasteiger partial charge in [-0.15, -0.1) is 11.3 Å². The molecule has 0 spiro atoms. The van der Waals surface area contributed by atoms with Crippen LogP contribution >= 0.6 is 22.9 Å². The van der Waals surface area contributed by atoms with E-state index in [1.54, 1.807) is 18.2 Å². The maximum atomic E-state index is 12.3. The van der Waals surface area contributed by atoms with E-state index in [1.807, 2.05) is 36.6 Å². The first kappa shape index (κ1) is 19.1. The number of anilines is 2. The summed E-state index contributed by atoms with van der Waals surface area (Å²) in [7, 11) is 0. The lowest BCUT2D eigenvalue weighted by molar-refractivity contribution is -0.116. The van der Waals surface area contributed by atoms with Crippen LogP contribution in [0.4, 0.5) is 11.4 Å². The molecule has 138 valence electrons. The molecule has 7 heteroatoms. The van der Waals surface area contributed by atoms with Crippen molar-refractivity contribution in [3.63, 3.8) is 0 Å². The Bertz CT molecular complexity index is 983. The Balaban J connectivity index is 1.63. The smallest absolute Gasteiger partial charge is 0.230 e. The van der Waals surface area contributed by atoms with E-state index in [0.29, 0.717) is 22.1 Å². The van der Waals surface area contributed by atoms with Crippen LogP contribution in [0.15, 0.2) is 47.8 Å². The van der Waals surface area contributed by atoms with Crippen LogP contribution in [0.3, 0.4) is 0 Å². The van der Waals surface area contributed by atoms with Gasteiger partial charge in [0.05, 0.1) is 22.8 Å². The molecule has 27 heavy (non-hydrogen) atoms. The molecule has 0 unspecified atom stereocenters. The first-order chi connectivity index (χ1) is 12.9. The van der Waals surface area contributed by atoms with E-state index in [1.165, 1.54) is 23.8 Å². The Morgan fingerprint density at radius 3 is 2.52 bits per heavy atom. The van der Waals surface area contributed by atoms with Gasteiger partial charge in [-0.25, -0.2) is 4.98 Å². The highest BCUT2D eigenvalue weighted by atomic mass is 35.5. The molecule has 0 aliphatic rings. The van der Waals surface area contributed by atoms with Crippen LogP contribution in [0.5, 0.6) is 0 Å². The molecule has 3 aromatic rings. The topological polar surface area (TPSA) is 71.1 Å². The Kier molecular flexibility index (Phi) is 5.88. The Hall–Kier alpha value is -2.70. The summed E-state index contributed by atoms with van der Waals surface area (Å²) < 4.78 is 0. The molecule has 0 fully saturated rings. The Morgan fingerprint density at radius 1 is 1.11 bits per heavy atom. The van der Waals surface area contributed by atoms with Crippen LogP contribution in [-0.4, -0.2) is 16.8 Å². The summed E-state index contributed by atoms with van der Waals surface area (Å²) in [5, 5.41) is 8.56. The zero-order chi connectivity index (χ0) is 19.4. The van der Waals surface area contributed by atoms with Crippen molar-refractivity contribution < 1.29 is 9.59 Å². The first-order valence-corrected chi connectivity index (χ1v) is 9.55. The van der Waals surface area contributed by atoms with Gasteiger partial charge in [-0.3, -0.25) is 9.59 Å². The average Bonchev–Trinajstić information content (AvgIpc) is 3.06. The molecule has 0 radical (unpaired) electrons. The predicted octanol–water partition coefficient (Wildman–Crippen LogP) is 4.91. The largest absolute Gasteiger partial charge is 0.326 e. The van der Waals surface area contributed by atoms with Crippen molar-refractivity contribution in [2.45, 2.75) is 20.3 Å². The number of rotatable bonds is 5. The molecule has 0 aliphatic carbocycles. The van der Waals surface area contributed by atoms with Crippen molar-refractivity contribution in [1.29, 1.82) is 0 Å². The summed E-state index contributed by atoms with van der Waals surface area (Å²) in [6.07, 6.45) is 0.174. The first-order valence-electron chi connectivity index (χ1n) is 8.29. The number of nitrogens with one attached hydrogen (secondary N) is 2. The van der Waals surface area contributed by atoms with Crippen molar-refractivity contribution in [2.24, 2.45) is 0 Å². The van der Waals surface area contributed by atoms with E-state index < -0.39 is 0 Å². The SMILES string of the molecule is CC(=O)Nc1ccc(NC(=O)Cc2csc(-c3ccc(C)cc3)n2)cc1Cl. The number of carbonyl (C=O) groups excluding carboxylic acids is 2. The highest BCUT2D eigenvalue weighted by Gasteiger charge is 2.11. The van der Waals surface area contributed by atoms with Gasteiger partial charge < -0.3 is 10.6 Å². The fraction of sp³-hybridized carbons (Fsp3) is 0.150. The highest BCUT2D eigenvalue weighted by Crippen LogP contribution is 2.26. The standard InChI is InChI=1S/C20H18ClN3O2S/c1-12-3-5-14(6-4-12)20-24-16(11-27-20)10-19(26)23-15-7-8-18(17(21)9-15)22-13(2)25/h3-9,11H,10H2,1-2H3,(H,22,25)(H,23,26). The maximum Gasteiger partial charge on any atom is 0.230 e. The summed E-state index contributed by atoms with van der Waals surface area (Å²) in [4.78, 5) is 27.9. The van der Waals surface area contributed by atoms with Gasteiger partial charge in [-0.05, 0) is 25.1 Å². The highest BCUT2D eigenvalue weighted by molar-refractivity contribution is 7.13. The second-order valence-electron chi connectivity index (χ2n) is 6.11. The van der Waals surface area contributed by atoms with E-state index in [9.17, 15) is 9.59 Å². The third-order valence-corrected chi connectivity index (χ3v) is 5.01. The van der Waals surface area contributed by atoms with Crippen LogP contribution in [0, 0.1) is 6.92 Å². The third-order valence-electron chi connectivity index (χ3n) is 3.76. The normalized spacial score (nSPS) is 10.5. The second kappa shape index (κ2) is 8.33. The number of aromatic nitrogens is 1. The van der Waals surface area contributed by atoms with Gasteiger partial charge in [0.1, 0.15) is 5.01 Å². The number of hydrogen-bond donors (Lipinski definition) is 2. The van der Waals surface area contributed by atoms with E-state index in [0.717, 1.165) is 10.6 Å². The number of carbonyl (C=O) groups is 2. The molecule has 0 saturated heterocycles. The molecule has 5 nitrogen and oxygen atoms in total. The fourth-order valence-corrected chi connectivity index (χ4v) is 3.52. The van der Waals surface area contributed by atoms with E-state index in [-0.39, 0.29) is 18.2 Å². The fourth-order valence-electron chi connectivity index (χ4n) is 2.47. The van der Waals surface area contributed by atoms with Crippen LogP contribution in [0.1, 0.15) is 18.2 Å². The molecule has 0 aliphatic heterocycles. The number of benzene rings is 2. The quantitative estimate of drug-likeness (QED) is 0.640. The number of thiazole rings is 1. The minimum Gasteiger partial charge on any atom is -0.326 e. The van der Waals surface area contributed by atoms with Crippen LogP contribution in [0.25, 0.3) is 10.6 Å². The van der Waals surface area contributed by atoms with Gasteiger partial charge in [-0.2, -0.15) is 0 Å². The molecule has 2 amide bonds. The maximum absolute atomic E-state index is 12.3. The van der Waals surface area contributed by atoms with Crippen molar-refractivity contribution in [3.8, 4) is 10.6 Å². The minimum atomic E-state index is -0.207. The Morgan fingerprint density at radius 2 is 1.85 bits per heavy atom. The third kappa shape index (κ3) is 5.15. The summed E-state index contributed by atoms with van der Waals surface area (Å²) in [6.45, 7) is 3.45.